The Bertz CT molecular complexity index is 565. The highest BCUT2D eigenvalue weighted by Gasteiger charge is 2.19. The third-order valence-corrected chi connectivity index (χ3v) is 4.06. The number of benzene rings is 2. The highest BCUT2D eigenvalue weighted by atomic mass is 16.5. The monoisotopic (exact) mass is 267 g/mol. The molecule has 2 heteroatoms. The van der Waals surface area contributed by atoms with Crippen LogP contribution in [0.2, 0.25) is 0 Å². The molecule has 0 saturated carbocycles. The van der Waals surface area contributed by atoms with Crippen LogP contribution in [0.5, 0.6) is 5.75 Å². The molecule has 0 amide bonds. The van der Waals surface area contributed by atoms with Crippen molar-refractivity contribution in [1.29, 1.82) is 0 Å². The molecular weight excluding hydrogens is 246 g/mol. The maximum atomic E-state index is 5.32. The first-order valence-corrected chi connectivity index (χ1v) is 7.31. The quantitative estimate of drug-likeness (QED) is 0.908. The van der Waals surface area contributed by atoms with Gasteiger partial charge in [0.1, 0.15) is 5.75 Å². The Morgan fingerprint density at radius 1 is 1.15 bits per heavy atom. The van der Waals surface area contributed by atoms with Gasteiger partial charge in [-0.05, 0) is 48.1 Å². The van der Waals surface area contributed by atoms with E-state index < -0.39 is 0 Å². The molecule has 3 rings (SSSR count). The molecule has 0 radical (unpaired) electrons. The van der Waals surface area contributed by atoms with Gasteiger partial charge in [-0.2, -0.15) is 0 Å². The van der Waals surface area contributed by atoms with Crippen LogP contribution in [-0.4, -0.2) is 7.11 Å². The lowest BCUT2D eigenvalue weighted by atomic mass is 9.87. The third kappa shape index (κ3) is 2.86. The maximum Gasteiger partial charge on any atom is 0.119 e. The predicted molar refractivity (Wildman–Crippen MR) is 82.0 cm³/mol. The molecule has 0 saturated heterocycles. The van der Waals surface area contributed by atoms with Crippen molar-refractivity contribution in [3.63, 3.8) is 0 Å². The lowest BCUT2D eigenvalue weighted by Crippen LogP contribution is -2.24. The second-order valence-electron chi connectivity index (χ2n) is 5.38. The van der Waals surface area contributed by atoms with Crippen molar-refractivity contribution in [1.82, 2.24) is 5.32 Å². The first-order chi connectivity index (χ1) is 9.86. The van der Waals surface area contributed by atoms with E-state index in [0.29, 0.717) is 6.04 Å². The fraction of sp³-hybridized carbons (Fsp3) is 0.333. The van der Waals surface area contributed by atoms with Crippen molar-refractivity contribution in [2.45, 2.75) is 31.8 Å². The van der Waals surface area contributed by atoms with Gasteiger partial charge >= 0.3 is 0 Å². The van der Waals surface area contributed by atoms with E-state index in [9.17, 15) is 0 Å². The second kappa shape index (κ2) is 6.10. The summed E-state index contributed by atoms with van der Waals surface area (Å²) >= 11 is 0. The Kier molecular flexibility index (Phi) is 4.03. The molecule has 1 unspecified atom stereocenters. The van der Waals surface area contributed by atoms with Crippen LogP contribution < -0.4 is 10.1 Å². The van der Waals surface area contributed by atoms with Gasteiger partial charge < -0.3 is 10.1 Å². The molecule has 2 nitrogen and oxygen atoms in total. The molecule has 0 heterocycles. The zero-order valence-electron chi connectivity index (χ0n) is 11.9. The minimum absolute atomic E-state index is 0.463. The van der Waals surface area contributed by atoms with Crippen LogP contribution in [-0.2, 0) is 13.0 Å². The predicted octanol–water partition coefficient (Wildman–Crippen LogP) is 3.86. The zero-order chi connectivity index (χ0) is 13.8. The number of fused-ring (bicyclic) bond motifs is 1. The number of methoxy groups -OCH3 is 1. The van der Waals surface area contributed by atoms with Gasteiger partial charge in [-0.3, -0.25) is 0 Å². The van der Waals surface area contributed by atoms with Crippen LogP contribution in [0.25, 0.3) is 0 Å². The average molecular weight is 267 g/mol. The van der Waals surface area contributed by atoms with E-state index in [0.717, 1.165) is 18.7 Å². The zero-order valence-corrected chi connectivity index (χ0v) is 11.9. The Hall–Kier alpha value is -1.80. The van der Waals surface area contributed by atoms with Gasteiger partial charge in [0.15, 0.2) is 0 Å². The molecule has 1 aliphatic rings. The van der Waals surface area contributed by atoms with Crippen LogP contribution in [0.4, 0.5) is 0 Å². The first kappa shape index (κ1) is 13.2. The molecule has 0 aromatic heterocycles. The topological polar surface area (TPSA) is 21.3 Å². The van der Waals surface area contributed by atoms with E-state index in [1.165, 1.54) is 29.5 Å². The van der Waals surface area contributed by atoms with Gasteiger partial charge in [0.2, 0.25) is 0 Å². The van der Waals surface area contributed by atoms with Crippen molar-refractivity contribution in [2.75, 3.05) is 7.11 Å². The number of hydrogen-bond donors (Lipinski definition) is 1. The van der Waals surface area contributed by atoms with Gasteiger partial charge in [0, 0.05) is 12.6 Å². The molecule has 0 spiro atoms. The Balaban J connectivity index is 1.73. The summed E-state index contributed by atoms with van der Waals surface area (Å²) in [6.07, 6.45) is 3.62. The SMILES string of the molecule is COc1ccc2c(c1)CCCC2NCc1ccccc1. The number of aryl methyl sites for hydroxylation is 1. The summed E-state index contributed by atoms with van der Waals surface area (Å²) in [6.45, 7) is 0.928. The van der Waals surface area contributed by atoms with Crippen molar-refractivity contribution in [2.24, 2.45) is 0 Å². The summed E-state index contributed by atoms with van der Waals surface area (Å²) in [7, 11) is 1.73. The van der Waals surface area contributed by atoms with E-state index in [2.05, 4.69) is 53.8 Å². The molecule has 1 aliphatic carbocycles. The molecular formula is C18H21NO. The van der Waals surface area contributed by atoms with Gasteiger partial charge in [0.05, 0.1) is 7.11 Å². The third-order valence-electron chi connectivity index (χ3n) is 4.06. The van der Waals surface area contributed by atoms with Crippen molar-refractivity contribution in [3.8, 4) is 5.75 Å². The number of nitrogens with one attached hydrogen (secondary N) is 1. The number of hydrogen-bond acceptors (Lipinski definition) is 2. The molecule has 0 aliphatic heterocycles. The smallest absolute Gasteiger partial charge is 0.119 e. The van der Waals surface area contributed by atoms with Crippen molar-refractivity contribution < 1.29 is 4.74 Å². The molecule has 2 aromatic carbocycles. The van der Waals surface area contributed by atoms with Crippen molar-refractivity contribution >= 4 is 0 Å². The van der Waals surface area contributed by atoms with E-state index in [-0.39, 0.29) is 0 Å². The fourth-order valence-corrected chi connectivity index (χ4v) is 2.97. The summed E-state index contributed by atoms with van der Waals surface area (Å²) in [4.78, 5) is 0. The molecule has 1 N–H and O–H groups in total. The van der Waals surface area contributed by atoms with E-state index in [4.69, 9.17) is 4.74 Å². The lowest BCUT2D eigenvalue weighted by molar-refractivity contribution is 0.410. The lowest BCUT2D eigenvalue weighted by Gasteiger charge is -2.27. The fourth-order valence-electron chi connectivity index (χ4n) is 2.97. The van der Waals surface area contributed by atoms with Gasteiger partial charge in [-0.1, -0.05) is 36.4 Å². The molecule has 0 fully saturated rings. The highest BCUT2D eigenvalue weighted by molar-refractivity contribution is 5.39. The molecule has 0 bridgehead atoms. The normalized spacial score (nSPS) is 17.6. The number of ether oxygens (including phenoxy) is 1. The van der Waals surface area contributed by atoms with Gasteiger partial charge in [-0.15, -0.1) is 0 Å². The summed E-state index contributed by atoms with van der Waals surface area (Å²) in [5, 5.41) is 3.69. The van der Waals surface area contributed by atoms with Crippen LogP contribution in [0.3, 0.4) is 0 Å². The van der Waals surface area contributed by atoms with Gasteiger partial charge in [-0.25, -0.2) is 0 Å². The summed E-state index contributed by atoms with van der Waals surface area (Å²) < 4.78 is 5.32. The minimum atomic E-state index is 0.463. The largest absolute Gasteiger partial charge is 0.497 e. The first-order valence-electron chi connectivity index (χ1n) is 7.31. The van der Waals surface area contributed by atoms with Crippen molar-refractivity contribution in [3.05, 3.63) is 65.2 Å². The second-order valence-corrected chi connectivity index (χ2v) is 5.38. The van der Waals surface area contributed by atoms with Crippen LogP contribution in [0.15, 0.2) is 48.5 Å². The summed E-state index contributed by atoms with van der Waals surface area (Å²) in [5.74, 6) is 0.965. The minimum Gasteiger partial charge on any atom is -0.497 e. The van der Waals surface area contributed by atoms with E-state index >= 15 is 0 Å². The van der Waals surface area contributed by atoms with Crippen LogP contribution >= 0.6 is 0 Å². The summed E-state index contributed by atoms with van der Waals surface area (Å²) in [6, 6.07) is 17.5. The molecule has 1 atom stereocenters. The van der Waals surface area contributed by atoms with Gasteiger partial charge in [0.25, 0.3) is 0 Å². The van der Waals surface area contributed by atoms with E-state index in [1.54, 1.807) is 7.11 Å². The number of rotatable bonds is 4. The molecule has 2 aromatic rings. The molecule has 104 valence electrons. The highest BCUT2D eigenvalue weighted by Crippen LogP contribution is 2.32. The van der Waals surface area contributed by atoms with Crippen LogP contribution in [0, 0.1) is 0 Å². The summed E-state index contributed by atoms with van der Waals surface area (Å²) in [5.41, 5.74) is 4.21. The van der Waals surface area contributed by atoms with Crippen LogP contribution in [0.1, 0.15) is 35.6 Å². The standard InChI is InChI=1S/C18H21NO/c1-20-16-10-11-17-15(12-16)8-5-9-18(17)19-13-14-6-3-2-4-7-14/h2-4,6-7,10-12,18-19H,5,8-9,13H2,1H3. The van der Waals surface area contributed by atoms with E-state index in [1.807, 2.05) is 0 Å². The molecule has 20 heavy (non-hydrogen) atoms. The maximum absolute atomic E-state index is 5.32. The Morgan fingerprint density at radius 2 is 2.00 bits per heavy atom. The average Bonchev–Trinajstić information content (AvgIpc) is 2.53. The Morgan fingerprint density at radius 3 is 2.80 bits per heavy atom. The Labute approximate surface area is 120 Å².